The number of thiazole rings is 1. The summed E-state index contributed by atoms with van der Waals surface area (Å²) in [6.07, 6.45) is 0. The third-order valence-electron chi connectivity index (χ3n) is 4.17. The summed E-state index contributed by atoms with van der Waals surface area (Å²) in [6.45, 7) is 2.04. The number of carbonyl (C=O) groups excluding carboxylic acids is 1. The molecule has 0 saturated heterocycles. The third kappa shape index (κ3) is 5.81. The molecule has 158 valence electrons. The van der Waals surface area contributed by atoms with E-state index in [9.17, 15) is 4.79 Å². The van der Waals surface area contributed by atoms with Gasteiger partial charge in [-0.2, -0.15) is 0 Å². The molecule has 10 heteroatoms. The highest BCUT2D eigenvalue weighted by molar-refractivity contribution is 8.01. The Labute approximate surface area is 191 Å². The maximum Gasteiger partial charge on any atom is 0.236 e. The molecule has 2 N–H and O–H groups in total. The first kappa shape index (κ1) is 21.3. The monoisotopic (exact) mass is 469 g/mol. The van der Waals surface area contributed by atoms with E-state index in [-0.39, 0.29) is 11.7 Å². The number of aromatic nitrogens is 3. The standard InChI is InChI=1S/C21H19N5O2S3/c1-13-3-7-15(8-4-13)22-20-25-26-21(31-20)30-12-18(27)24-19-23-17(11-29-19)14-5-9-16(28-2)10-6-14/h3-11H,12H2,1-2H3,(H,22,25)(H,23,24,27). The summed E-state index contributed by atoms with van der Waals surface area (Å²) in [7, 11) is 1.63. The van der Waals surface area contributed by atoms with Crippen molar-refractivity contribution < 1.29 is 9.53 Å². The highest BCUT2D eigenvalue weighted by Crippen LogP contribution is 2.29. The summed E-state index contributed by atoms with van der Waals surface area (Å²) in [6, 6.07) is 15.7. The van der Waals surface area contributed by atoms with Crippen LogP contribution in [0.5, 0.6) is 5.75 Å². The van der Waals surface area contributed by atoms with Gasteiger partial charge in [-0.05, 0) is 43.3 Å². The molecule has 0 aliphatic carbocycles. The molecule has 0 atom stereocenters. The fourth-order valence-corrected chi connectivity index (χ4v) is 4.90. The molecule has 0 aliphatic rings. The SMILES string of the molecule is COc1ccc(-c2csc(NC(=O)CSc3nnc(Nc4ccc(C)cc4)s3)n2)cc1. The summed E-state index contributed by atoms with van der Waals surface area (Å²) in [5.41, 5.74) is 3.93. The second-order valence-corrected chi connectivity index (χ2v) is 9.53. The number of hydrogen-bond acceptors (Lipinski definition) is 9. The number of benzene rings is 2. The molecule has 0 spiro atoms. The molecule has 2 aromatic carbocycles. The van der Waals surface area contributed by atoms with Crippen LogP contribution in [0.3, 0.4) is 0 Å². The quantitative estimate of drug-likeness (QED) is 0.332. The van der Waals surface area contributed by atoms with Crippen LogP contribution in [0.1, 0.15) is 5.56 Å². The highest BCUT2D eigenvalue weighted by atomic mass is 32.2. The molecule has 0 fully saturated rings. The van der Waals surface area contributed by atoms with Crippen LogP contribution < -0.4 is 15.4 Å². The van der Waals surface area contributed by atoms with E-state index in [1.54, 1.807) is 7.11 Å². The minimum atomic E-state index is -0.135. The molecule has 0 saturated carbocycles. The largest absolute Gasteiger partial charge is 0.497 e. The molecular weight excluding hydrogens is 450 g/mol. The predicted molar refractivity (Wildman–Crippen MR) is 128 cm³/mol. The van der Waals surface area contributed by atoms with Crippen LogP contribution in [-0.2, 0) is 4.79 Å². The van der Waals surface area contributed by atoms with Gasteiger partial charge in [0.15, 0.2) is 9.47 Å². The summed E-state index contributed by atoms with van der Waals surface area (Å²) in [4.78, 5) is 16.8. The maximum absolute atomic E-state index is 12.3. The summed E-state index contributed by atoms with van der Waals surface area (Å²) in [5.74, 6) is 0.888. The van der Waals surface area contributed by atoms with Gasteiger partial charge in [-0.25, -0.2) is 4.98 Å². The number of thioether (sulfide) groups is 1. The Morgan fingerprint density at radius 1 is 1.06 bits per heavy atom. The van der Waals surface area contributed by atoms with Gasteiger partial charge in [0.25, 0.3) is 0 Å². The average Bonchev–Trinajstić information content (AvgIpc) is 3.43. The molecule has 2 aromatic heterocycles. The van der Waals surface area contributed by atoms with Crippen molar-refractivity contribution in [3.05, 3.63) is 59.5 Å². The van der Waals surface area contributed by atoms with Gasteiger partial charge in [0.2, 0.25) is 11.0 Å². The Hall–Kier alpha value is -2.95. The molecule has 1 amide bonds. The van der Waals surface area contributed by atoms with E-state index in [1.807, 2.05) is 60.8 Å². The van der Waals surface area contributed by atoms with E-state index in [2.05, 4.69) is 25.8 Å². The highest BCUT2D eigenvalue weighted by Gasteiger charge is 2.11. The summed E-state index contributed by atoms with van der Waals surface area (Å²) < 4.78 is 5.90. The lowest BCUT2D eigenvalue weighted by molar-refractivity contribution is -0.113. The molecule has 31 heavy (non-hydrogen) atoms. The Morgan fingerprint density at radius 2 is 1.84 bits per heavy atom. The Kier molecular flexibility index (Phi) is 6.80. The first-order valence-corrected chi connectivity index (χ1v) is 12.0. The van der Waals surface area contributed by atoms with Crippen molar-refractivity contribution in [3.63, 3.8) is 0 Å². The van der Waals surface area contributed by atoms with Gasteiger partial charge in [-0.15, -0.1) is 21.5 Å². The summed E-state index contributed by atoms with van der Waals surface area (Å²) >= 11 is 4.15. The van der Waals surface area contributed by atoms with E-state index in [4.69, 9.17) is 4.74 Å². The maximum atomic E-state index is 12.3. The molecule has 7 nitrogen and oxygen atoms in total. The predicted octanol–water partition coefficient (Wildman–Crippen LogP) is 5.45. The van der Waals surface area contributed by atoms with Gasteiger partial charge in [0.05, 0.1) is 18.6 Å². The van der Waals surface area contributed by atoms with Crippen LogP contribution in [0.2, 0.25) is 0 Å². The molecule has 0 unspecified atom stereocenters. The average molecular weight is 470 g/mol. The minimum absolute atomic E-state index is 0.135. The van der Waals surface area contributed by atoms with E-state index in [0.717, 1.165) is 27.0 Å². The number of methoxy groups -OCH3 is 1. The van der Waals surface area contributed by atoms with Crippen molar-refractivity contribution in [2.75, 3.05) is 23.5 Å². The second kappa shape index (κ2) is 9.90. The number of hydrogen-bond donors (Lipinski definition) is 2. The normalized spacial score (nSPS) is 10.6. The van der Waals surface area contributed by atoms with E-state index in [1.165, 1.54) is 40.0 Å². The van der Waals surface area contributed by atoms with Gasteiger partial charge in [0, 0.05) is 16.6 Å². The van der Waals surface area contributed by atoms with Gasteiger partial charge < -0.3 is 15.4 Å². The van der Waals surface area contributed by atoms with Gasteiger partial charge in [0.1, 0.15) is 5.75 Å². The smallest absolute Gasteiger partial charge is 0.236 e. The van der Waals surface area contributed by atoms with Crippen molar-refractivity contribution >= 4 is 56.3 Å². The lowest BCUT2D eigenvalue weighted by Crippen LogP contribution is -2.13. The van der Waals surface area contributed by atoms with Crippen molar-refractivity contribution in [2.45, 2.75) is 11.3 Å². The molecule has 2 heterocycles. The van der Waals surface area contributed by atoms with Gasteiger partial charge in [-0.1, -0.05) is 40.8 Å². The number of rotatable bonds is 8. The third-order valence-corrected chi connectivity index (χ3v) is 6.90. The van der Waals surface area contributed by atoms with E-state index < -0.39 is 0 Å². The number of carbonyl (C=O) groups is 1. The van der Waals surface area contributed by atoms with E-state index >= 15 is 0 Å². The zero-order valence-corrected chi connectivity index (χ0v) is 19.2. The van der Waals surface area contributed by atoms with Crippen molar-refractivity contribution in [1.82, 2.24) is 15.2 Å². The first-order valence-electron chi connectivity index (χ1n) is 9.29. The van der Waals surface area contributed by atoms with Crippen LogP contribution in [0.4, 0.5) is 16.0 Å². The molecule has 4 rings (SSSR count). The second-order valence-electron chi connectivity index (χ2n) is 6.47. The number of anilines is 3. The van der Waals surface area contributed by atoms with Gasteiger partial charge in [-0.3, -0.25) is 4.79 Å². The number of amides is 1. The zero-order chi connectivity index (χ0) is 21.6. The minimum Gasteiger partial charge on any atom is -0.497 e. The number of aryl methyl sites for hydroxylation is 1. The topological polar surface area (TPSA) is 89.0 Å². The zero-order valence-electron chi connectivity index (χ0n) is 16.8. The Balaban J connectivity index is 1.28. The Bertz CT molecular complexity index is 1160. The molecule has 0 bridgehead atoms. The molecule has 0 radical (unpaired) electrons. The molecule has 4 aromatic rings. The van der Waals surface area contributed by atoms with Gasteiger partial charge >= 0.3 is 0 Å². The van der Waals surface area contributed by atoms with Crippen molar-refractivity contribution in [2.24, 2.45) is 0 Å². The van der Waals surface area contributed by atoms with E-state index in [0.29, 0.717) is 10.3 Å². The van der Waals surface area contributed by atoms with Crippen LogP contribution in [0.15, 0.2) is 58.3 Å². The first-order chi connectivity index (χ1) is 15.1. The van der Waals surface area contributed by atoms with Crippen molar-refractivity contribution in [3.8, 4) is 17.0 Å². The molecular formula is C21H19N5O2S3. The van der Waals surface area contributed by atoms with Crippen LogP contribution in [0.25, 0.3) is 11.3 Å². The van der Waals surface area contributed by atoms with Crippen LogP contribution >= 0.6 is 34.4 Å². The summed E-state index contributed by atoms with van der Waals surface area (Å²) in [5, 5.41) is 17.5. The molecule has 0 aliphatic heterocycles. The lowest BCUT2D eigenvalue weighted by atomic mass is 10.2. The number of nitrogens with zero attached hydrogens (tertiary/aromatic N) is 3. The number of ether oxygens (including phenoxy) is 1. The van der Waals surface area contributed by atoms with Crippen LogP contribution in [-0.4, -0.2) is 34.0 Å². The van der Waals surface area contributed by atoms with Crippen LogP contribution in [0, 0.1) is 6.92 Å². The fraction of sp³-hybridized carbons (Fsp3) is 0.143. The number of nitrogens with one attached hydrogen (secondary N) is 2. The Morgan fingerprint density at radius 3 is 2.58 bits per heavy atom. The lowest BCUT2D eigenvalue weighted by Gasteiger charge is -2.01. The van der Waals surface area contributed by atoms with Crippen molar-refractivity contribution in [1.29, 1.82) is 0 Å². The fourth-order valence-electron chi connectivity index (χ4n) is 2.59.